The molecule has 2 rings (SSSR count). The summed E-state index contributed by atoms with van der Waals surface area (Å²) in [6.07, 6.45) is 0. The molecule has 0 aliphatic rings. The average Bonchev–Trinajstić information content (AvgIpc) is 2.75. The van der Waals surface area contributed by atoms with E-state index in [0.29, 0.717) is 6.54 Å². The summed E-state index contributed by atoms with van der Waals surface area (Å²) in [5.41, 5.74) is 1.97. The maximum atomic E-state index is 5.16. The highest BCUT2D eigenvalue weighted by Crippen LogP contribution is 2.19. The summed E-state index contributed by atoms with van der Waals surface area (Å²) in [4.78, 5) is 8.96. The molecule has 0 bridgehead atoms. The van der Waals surface area contributed by atoms with Gasteiger partial charge >= 0.3 is 0 Å². The van der Waals surface area contributed by atoms with Crippen LogP contribution in [0.3, 0.4) is 0 Å². The molecule has 0 aliphatic heterocycles. The standard InChI is InChI=1S/C14H21N5O/c1-8(2)14-17-12(15-5)6-13(18-14)16-7-11-9(3)19-20-10(11)4/h6,8H,7H2,1-5H3,(H2,15,16,17,18). The van der Waals surface area contributed by atoms with Gasteiger partial charge in [-0.2, -0.15) is 0 Å². The maximum absolute atomic E-state index is 5.16. The lowest BCUT2D eigenvalue weighted by molar-refractivity contribution is 0.392. The zero-order valence-corrected chi connectivity index (χ0v) is 12.6. The predicted octanol–water partition coefficient (Wildman–Crippen LogP) is 2.86. The number of hydrogen-bond donors (Lipinski definition) is 2. The highest BCUT2D eigenvalue weighted by atomic mass is 16.5. The molecule has 0 aliphatic carbocycles. The summed E-state index contributed by atoms with van der Waals surface area (Å²) in [6.45, 7) is 8.64. The Bertz CT molecular complexity index is 572. The SMILES string of the molecule is CNc1cc(NCc2c(C)noc2C)nc(C(C)C)n1. The van der Waals surface area contributed by atoms with Crippen LogP contribution in [-0.2, 0) is 6.54 Å². The lowest BCUT2D eigenvalue weighted by Crippen LogP contribution is -2.08. The molecule has 0 spiro atoms. The molecule has 0 radical (unpaired) electrons. The molecular formula is C14H21N5O. The van der Waals surface area contributed by atoms with Gasteiger partial charge in [0.2, 0.25) is 0 Å². The molecule has 2 heterocycles. The molecule has 0 aromatic carbocycles. The number of aryl methyl sites for hydroxylation is 2. The highest BCUT2D eigenvalue weighted by molar-refractivity contribution is 5.48. The Labute approximate surface area is 119 Å². The minimum absolute atomic E-state index is 0.280. The van der Waals surface area contributed by atoms with Gasteiger partial charge in [-0.05, 0) is 13.8 Å². The summed E-state index contributed by atoms with van der Waals surface area (Å²) < 4.78 is 5.16. The first-order valence-electron chi connectivity index (χ1n) is 6.73. The second-order valence-electron chi connectivity index (χ2n) is 5.06. The van der Waals surface area contributed by atoms with E-state index in [2.05, 4.69) is 39.6 Å². The number of anilines is 2. The van der Waals surface area contributed by atoms with E-state index in [1.165, 1.54) is 0 Å². The molecule has 0 amide bonds. The third kappa shape index (κ3) is 3.07. The normalized spacial score (nSPS) is 10.9. The Kier molecular flexibility index (Phi) is 4.22. The van der Waals surface area contributed by atoms with Crippen LogP contribution < -0.4 is 10.6 Å². The Balaban J connectivity index is 2.19. The fraction of sp³-hybridized carbons (Fsp3) is 0.500. The molecule has 0 atom stereocenters. The molecule has 0 unspecified atom stereocenters. The van der Waals surface area contributed by atoms with Crippen molar-refractivity contribution < 1.29 is 4.52 Å². The van der Waals surface area contributed by atoms with Crippen LogP contribution in [-0.4, -0.2) is 22.2 Å². The summed E-state index contributed by atoms with van der Waals surface area (Å²) >= 11 is 0. The quantitative estimate of drug-likeness (QED) is 0.874. The van der Waals surface area contributed by atoms with Crippen molar-refractivity contribution in [2.75, 3.05) is 17.7 Å². The Morgan fingerprint density at radius 1 is 1.20 bits per heavy atom. The molecule has 6 heteroatoms. The van der Waals surface area contributed by atoms with Gasteiger partial charge in [0, 0.05) is 31.1 Å². The van der Waals surface area contributed by atoms with Crippen LogP contribution in [0.2, 0.25) is 0 Å². The van der Waals surface area contributed by atoms with Crippen molar-refractivity contribution >= 4 is 11.6 Å². The van der Waals surface area contributed by atoms with Gasteiger partial charge < -0.3 is 15.2 Å². The molecule has 2 aromatic rings. The first-order valence-corrected chi connectivity index (χ1v) is 6.73. The van der Waals surface area contributed by atoms with E-state index in [1.807, 2.05) is 27.0 Å². The van der Waals surface area contributed by atoms with E-state index in [9.17, 15) is 0 Å². The van der Waals surface area contributed by atoms with E-state index in [0.717, 1.165) is 34.5 Å². The smallest absolute Gasteiger partial charge is 0.138 e. The molecular weight excluding hydrogens is 254 g/mol. The van der Waals surface area contributed by atoms with Crippen molar-refractivity contribution in [3.63, 3.8) is 0 Å². The van der Waals surface area contributed by atoms with Crippen LogP contribution in [0.15, 0.2) is 10.6 Å². The van der Waals surface area contributed by atoms with Gasteiger partial charge in [-0.3, -0.25) is 0 Å². The summed E-state index contributed by atoms with van der Waals surface area (Å²) in [5, 5.41) is 10.3. The minimum Gasteiger partial charge on any atom is -0.373 e. The summed E-state index contributed by atoms with van der Waals surface area (Å²) in [7, 11) is 1.85. The molecule has 0 saturated carbocycles. The van der Waals surface area contributed by atoms with Crippen molar-refractivity contribution in [1.29, 1.82) is 0 Å². The fourth-order valence-electron chi connectivity index (χ4n) is 1.88. The van der Waals surface area contributed by atoms with Gasteiger partial charge in [-0.15, -0.1) is 0 Å². The Hall–Kier alpha value is -2.11. The number of nitrogens with one attached hydrogen (secondary N) is 2. The minimum atomic E-state index is 0.280. The second-order valence-corrected chi connectivity index (χ2v) is 5.06. The Morgan fingerprint density at radius 3 is 2.45 bits per heavy atom. The summed E-state index contributed by atoms with van der Waals surface area (Å²) in [6, 6.07) is 1.89. The zero-order chi connectivity index (χ0) is 14.7. The third-order valence-electron chi connectivity index (χ3n) is 3.14. The van der Waals surface area contributed by atoms with Gasteiger partial charge in [-0.25, -0.2) is 9.97 Å². The lowest BCUT2D eigenvalue weighted by Gasteiger charge is -2.11. The van der Waals surface area contributed by atoms with Crippen molar-refractivity contribution in [1.82, 2.24) is 15.1 Å². The van der Waals surface area contributed by atoms with Crippen LogP contribution >= 0.6 is 0 Å². The van der Waals surface area contributed by atoms with Crippen LogP contribution in [0.4, 0.5) is 11.6 Å². The molecule has 6 nitrogen and oxygen atoms in total. The first kappa shape index (κ1) is 14.3. The van der Waals surface area contributed by atoms with E-state index >= 15 is 0 Å². The summed E-state index contributed by atoms with van der Waals surface area (Å²) in [5.74, 6) is 3.54. The van der Waals surface area contributed by atoms with Crippen molar-refractivity contribution in [2.24, 2.45) is 0 Å². The van der Waals surface area contributed by atoms with E-state index in [4.69, 9.17) is 4.52 Å². The molecule has 0 fully saturated rings. The number of hydrogen-bond acceptors (Lipinski definition) is 6. The monoisotopic (exact) mass is 275 g/mol. The van der Waals surface area contributed by atoms with Gasteiger partial charge in [0.1, 0.15) is 23.2 Å². The molecule has 0 saturated heterocycles. The molecule has 108 valence electrons. The van der Waals surface area contributed by atoms with Crippen LogP contribution in [0.25, 0.3) is 0 Å². The van der Waals surface area contributed by atoms with Crippen molar-refractivity contribution in [3.8, 4) is 0 Å². The van der Waals surface area contributed by atoms with E-state index in [1.54, 1.807) is 0 Å². The number of rotatable bonds is 5. The molecule has 2 N–H and O–H groups in total. The van der Waals surface area contributed by atoms with Gasteiger partial charge in [0.25, 0.3) is 0 Å². The van der Waals surface area contributed by atoms with Crippen molar-refractivity contribution in [2.45, 2.75) is 40.2 Å². The average molecular weight is 275 g/mol. The van der Waals surface area contributed by atoms with Gasteiger partial charge in [-0.1, -0.05) is 19.0 Å². The molecule has 20 heavy (non-hydrogen) atoms. The Morgan fingerprint density at radius 2 is 1.90 bits per heavy atom. The second kappa shape index (κ2) is 5.90. The lowest BCUT2D eigenvalue weighted by atomic mass is 10.2. The maximum Gasteiger partial charge on any atom is 0.138 e. The predicted molar refractivity (Wildman–Crippen MR) is 79.0 cm³/mol. The van der Waals surface area contributed by atoms with E-state index < -0.39 is 0 Å². The van der Waals surface area contributed by atoms with Crippen LogP contribution in [0, 0.1) is 13.8 Å². The highest BCUT2D eigenvalue weighted by Gasteiger charge is 2.11. The van der Waals surface area contributed by atoms with Gasteiger partial charge in [0.05, 0.1) is 5.69 Å². The van der Waals surface area contributed by atoms with E-state index in [-0.39, 0.29) is 5.92 Å². The van der Waals surface area contributed by atoms with Crippen molar-refractivity contribution in [3.05, 3.63) is 28.9 Å². The zero-order valence-electron chi connectivity index (χ0n) is 12.6. The van der Waals surface area contributed by atoms with Gasteiger partial charge in [0.15, 0.2) is 0 Å². The van der Waals surface area contributed by atoms with Crippen LogP contribution in [0.1, 0.15) is 42.6 Å². The number of aromatic nitrogens is 3. The third-order valence-corrected chi connectivity index (χ3v) is 3.14. The fourth-order valence-corrected chi connectivity index (χ4v) is 1.88. The number of nitrogens with zero attached hydrogens (tertiary/aromatic N) is 3. The van der Waals surface area contributed by atoms with Crippen LogP contribution in [0.5, 0.6) is 0 Å². The largest absolute Gasteiger partial charge is 0.373 e. The molecule has 2 aromatic heterocycles. The first-order chi connectivity index (χ1) is 9.51. The topological polar surface area (TPSA) is 75.9 Å².